The SMILES string of the molecule is C=C[C@@H](C)[C@]1(O)CC[C@H]2[C@@H]3CCC4=CC(=O)CC[C@@H]4[C@H]3CC[C@@]21C. The summed E-state index contributed by atoms with van der Waals surface area (Å²) >= 11 is 0. The lowest BCUT2D eigenvalue weighted by Crippen LogP contribution is -2.55. The second kappa shape index (κ2) is 5.56. The Bertz CT molecular complexity index is 591. The van der Waals surface area contributed by atoms with E-state index in [2.05, 4.69) is 20.4 Å². The molecule has 1 N–H and O–H groups in total. The summed E-state index contributed by atoms with van der Waals surface area (Å²) in [4.78, 5) is 11.8. The van der Waals surface area contributed by atoms with Gasteiger partial charge in [-0.05, 0) is 80.1 Å². The molecule has 0 spiro atoms. The summed E-state index contributed by atoms with van der Waals surface area (Å²) in [6.07, 6.45) is 12.5. The van der Waals surface area contributed by atoms with Crippen LogP contribution in [0.4, 0.5) is 0 Å². The second-order valence-corrected chi connectivity index (χ2v) is 9.25. The van der Waals surface area contributed by atoms with Crippen LogP contribution in [0.25, 0.3) is 0 Å². The zero-order valence-corrected chi connectivity index (χ0v) is 15.3. The Morgan fingerprint density at radius 2 is 2.00 bits per heavy atom. The number of fused-ring (bicyclic) bond motifs is 5. The fourth-order valence-corrected chi connectivity index (χ4v) is 7.17. The van der Waals surface area contributed by atoms with E-state index in [1.165, 1.54) is 18.4 Å². The van der Waals surface area contributed by atoms with E-state index in [1.807, 2.05) is 12.2 Å². The second-order valence-electron chi connectivity index (χ2n) is 9.25. The lowest BCUT2D eigenvalue weighted by Gasteiger charge is -2.56. The molecule has 0 aromatic carbocycles. The zero-order valence-electron chi connectivity index (χ0n) is 15.3. The molecule has 0 amide bonds. The van der Waals surface area contributed by atoms with Crippen LogP contribution in [-0.4, -0.2) is 16.5 Å². The van der Waals surface area contributed by atoms with Crippen molar-refractivity contribution in [1.29, 1.82) is 0 Å². The summed E-state index contributed by atoms with van der Waals surface area (Å²) in [7, 11) is 0. The number of carbonyl (C=O) groups is 1. The molecular formula is C22H32O2. The van der Waals surface area contributed by atoms with Crippen LogP contribution in [0.2, 0.25) is 0 Å². The van der Waals surface area contributed by atoms with Crippen LogP contribution < -0.4 is 0 Å². The van der Waals surface area contributed by atoms with Gasteiger partial charge in [0.05, 0.1) is 5.60 Å². The Morgan fingerprint density at radius 1 is 1.21 bits per heavy atom. The van der Waals surface area contributed by atoms with Gasteiger partial charge >= 0.3 is 0 Å². The molecule has 7 atom stereocenters. The van der Waals surface area contributed by atoms with Crippen molar-refractivity contribution >= 4 is 5.78 Å². The highest BCUT2D eigenvalue weighted by Crippen LogP contribution is 2.66. The molecule has 4 aliphatic rings. The minimum Gasteiger partial charge on any atom is -0.389 e. The lowest BCUT2D eigenvalue weighted by molar-refractivity contribution is -0.136. The smallest absolute Gasteiger partial charge is 0.155 e. The molecule has 24 heavy (non-hydrogen) atoms. The van der Waals surface area contributed by atoms with E-state index in [1.54, 1.807) is 0 Å². The van der Waals surface area contributed by atoms with Crippen molar-refractivity contribution in [2.45, 2.75) is 70.8 Å². The van der Waals surface area contributed by atoms with E-state index >= 15 is 0 Å². The van der Waals surface area contributed by atoms with Gasteiger partial charge in [-0.3, -0.25) is 4.79 Å². The fraction of sp³-hybridized carbons (Fsp3) is 0.773. The zero-order chi connectivity index (χ0) is 17.1. The highest BCUT2D eigenvalue weighted by Gasteiger charge is 2.63. The topological polar surface area (TPSA) is 37.3 Å². The van der Waals surface area contributed by atoms with E-state index in [0.717, 1.165) is 50.4 Å². The molecule has 0 unspecified atom stereocenters. The molecule has 3 saturated carbocycles. The molecule has 0 heterocycles. The normalized spacial score (nSPS) is 48.8. The predicted octanol–water partition coefficient (Wildman–Crippen LogP) is 4.68. The van der Waals surface area contributed by atoms with Crippen molar-refractivity contribution in [3.05, 3.63) is 24.3 Å². The Balaban J connectivity index is 1.64. The Kier molecular flexibility index (Phi) is 3.84. The van der Waals surface area contributed by atoms with Gasteiger partial charge < -0.3 is 5.11 Å². The average molecular weight is 328 g/mol. The largest absolute Gasteiger partial charge is 0.389 e. The Morgan fingerprint density at radius 3 is 2.75 bits per heavy atom. The molecule has 0 radical (unpaired) electrons. The molecular weight excluding hydrogens is 296 g/mol. The summed E-state index contributed by atoms with van der Waals surface area (Å²) in [5.41, 5.74) is 0.903. The third-order valence-electron chi connectivity index (χ3n) is 8.62. The summed E-state index contributed by atoms with van der Waals surface area (Å²) in [5.74, 6) is 3.29. The number of hydrogen-bond acceptors (Lipinski definition) is 2. The number of ketones is 1. The van der Waals surface area contributed by atoms with Gasteiger partial charge in [0.15, 0.2) is 5.78 Å². The van der Waals surface area contributed by atoms with Gasteiger partial charge in [-0.15, -0.1) is 6.58 Å². The van der Waals surface area contributed by atoms with Crippen molar-refractivity contribution in [2.24, 2.45) is 35.0 Å². The highest BCUT2D eigenvalue weighted by atomic mass is 16.3. The minimum atomic E-state index is -0.580. The highest BCUT2D eigenvalue weighted by molar-refractivity contribution is 5.91. The molecule has 0 saturated heterocycles. The third-order valence-corrected chi connectivity index (χ3v) is 8.62. The quantitative estimate of drug-likeness (QED) is 0.747. The van der Waals surface area contributed by atoms with E-state index in [-0.39, 0.29) is 11.3 Å². The molecule has 2 heteroatoms. The molecule has 0 aromatic rings. The number of carbonyl (C=O) groups excluding carboxylic acids is 1. The van der Waals surface area contributed by atoms with Crippen molar-refractivity contribution in [3.63, 3.8) is 0 Å². The summed E-state index contributed by atoms with van der Waals surface area (Å²) in [6, 6.07) is 0. The van der Waals surface area contributed by atoms with Gasteiger partial charge in [0.1, 0.15) is 0 Å². The lowest BCUT2D eigenvalue weighted by atomic mass is 9.49. The van der Waals surface area contributed by atoms with Gasteiger partial charge in [0.2, 0.25) is 0 Å². The van der Waals surface area contributed by atoms with E-state index in [4.69, 9.17) is 0 Å². The summed E-state index contributed by atoms with van der Waals surface area (Å²) in [5, 5.41) is 11.5. The van der Waals surface area contributed by atoms with Crippen molar-refractivity contribution in [2.75, 3.05) is 0 Å². The maximum Gasteiger partial charge on any atom is 0.155 e. The van der Waals surface area contributed by atoms with Crippen LogP contribution in [0, 0.1) is 35.0 Å². The van der Waals surface area contributed by atoms with Crippen LogP contribution in [0.3, 0.4) is 0 Å². The maximum atomic E-state index is 11.8. The van der Waals surface area contributed by atoms with E-state index in [0.29, 0.717) is 17.6 Å². The predicted molar refractivity (Wildman–Crippen MR) is 96.4 cm³/mol. The molecule has 3 fully saturated rings. The first-order valence-corrected chi connectivity index (χ1v) is 9.99. The van der Waals surface area contributed by atoms with Crippen molar-refractivity contribution in [1.82, 2.24) is 0 Å². The monoisotopic (exact) mass is 328 g/mol. The van der Waals surface area contributed by atoms with Gasteiger partial charge in [-0.2, -0.15) is 0 Å². The molecule has 0 aliphatic heterocycles. The van der Waals surface area contributed by atoms with Crippen LogP contribution in [0.5, 0.6) is 0 Å². The van der Waals surface area contributed by atoms with Crippen molar-refractivity contribution in [3.8, 4) is 0 Å². The van der Waals surface area contributed by atoms with Crippen molar-refractivity contribution < 1.29 is 9.90 Å². The third kappa shape index (κ3) is 2.08. The first-order chi connectivity index (χ1) is 11.4. The fourth-order valence-electron chi connectivity index (χ4n) is 7.17. The Labute approximate surface area is 146 Å². The molecule has 4 rings (SSSR count). The summed E-state index contributed by atoms with van der Waals surface area (Å²) < 4.78 is 0. The number of allylic oxidation sites excluding steroid dienone is 1. The number of hydrogen-bond donors (Lipinski definition) is 1. The van der Waals surface area contributed by atoms with Gasteiger partial charge in [0.25, 0.3) is 0 Å². The number of rotatable bonds is 2. The first-order valence-electron chi connectivity index (χ1n) is 9.99. The average Bonchev–Trinajstić information content (AvgIpc) is 2.86. The molecule has 132 valence electrons. The van der Waals surface area contributed by atoms with Crippen LogP contribution in [-0.2, 0) is 4.79 Å². The maximum absolute atomic E-state index is 11.8. The molecule has 0 aromatic heterocycles. The van der Waals surface area contributed by atoms with Crippen LogP contribution >= 0.6 is 0 Å². The minimum absolute atomic E-state index is 0.0352. The molecule has 0 bridgehead atoms. The van der Waals surface area contributed by atoms with Gasteiger partial charge in [-0.25, -0.2) is 0 Å². The Hall–Kier alpha value is -0.890. The van der Waals surface area contributed by atoms with E-state index in [9.17, 15) is 9.90 Å². The van der Waals surface area contributed by atoms with Crippen LogP contribution in [0.15, 0.2) is 24.3 Å². The van der Waals surface area contributed by atoms with Gasteiger partial charge in [-0.1, -0.05) is 25.5 Å². The molecule has 2 nitrogen and oxygen atoms in total. The van der Waals surface area contributed by atoms with Gasteiger partial charge in [0, 0.05) is 12.3 Å². The van der Waals surface area contributed by atoms with E-state index < -0.39 is 5.60 Å². The first kappa shape index (κ1) is 16.6. The molecule has 4 aliphatic carbocycles. The summed E-state index contributed by atoms with van der Waals surface area (Å²) in [6.45, 7) is 8.46. The standard InChI is InChI=1S/C22H32O2/c1-4-14(2)22(24)12-10-20-19-7-5-15-13-16(23)6-8-17(15)18(19)9-11-21(20,22)3/h4,13-14,17-20,24H,1,5-12H2,2-3H3/t14-,17+,18-,19-,20+,21+,22-/m1/s1. The number of aliphatic hydroxyl groups is 1. The van der Waals surface area contributed by atoms with Crippen LogP contribution in [0.1, 0.15) is 65.2 Å².